The summed E-state index contributed by atoms with van der Waals surface area (Å²) in [6, 6.07) is 7.93. The van der Waals surface area contributed by atoms with Gasteiger partial charge in [0.05, 0.1) is 14.2 Å². The van der Waals surface area contributed by atoms with Gasteiger partial charge >= 0.3 is 11.8 Å². The third-order valence-corrected chi connectivity index (χ3v) is 4.74. The predicted molar refractivity (Wildman–Crippen MR) is 90.9 cm³/mol. The van der Waals surface area contributed by atoms with Crippen LogP contribution < -0.4 is 14.4 Å². The summed E-state index contributed by atoms with van der Waals surface area (Å²) < 4.78 is 39.1. The lowest BCUT2D eigenvalue weighted by Crippen LogP contribution is -2.64. The van der Waals surface area contributed by atoms with Gasteiger partial charge in [-0.3, -0.25) is 9.69 Å². The van der Waals surface area contributed by atoms with Gasteiger partial charge in [0.2, 0.25) is 0 Å². The van der Waals surface area contributed by atoms with Crippen LogP contribution in [0.25, 0.3) is 0 Å². The molecular weight excluding hydrogens is 352 g/mol. The second-order valence-corrected chi connectivity index (χ2v) is 6.11. The third-order valence-electron chi connectivity index (χ3n) is 4.33. The van der Waals surface area contributed by atoms with Gasteiger partial charge in [-0.05, 0) is 42.3 Å². The molecule has 2 aromatic rings. The van der Waals surface area contributed by atoms with Crippen LogP contribution in [0.15, 0.2) is 36.4 Å². The largest absolute Gasteiger partial charge is 0.493 e. The van der Waals surface area contributed by atoms with Gasteiger partial charge in [0.25, 0.3) is 0 Å². The Morgan fingerprint density at radius 1 is 1.12 bits per heavy atom. The first-order valence-electron chi connectivity index (χ1n) is 7.51. The van der Waals surface area contributed by atoms with Crippen LogP contribution >= 0.6 is 11.6 Å². The van der Waals surface area contributed by atoms with Gasteiger partial charge in [-0.15, -0.1) is 0 Å². The van der Waals surface area contributed by atoms with E-state index in [0.29, 0.717) is 27.8 Å². The number of hydrogen-bond acceptors (Lipinski definition) is 3. The number of ether oxygens (including phenoxy) is 2. The SMILES string of the molecule is COc1ccc([C@@H]2N(c3cccc(Cl)c3C)C(=O)C2(F)F)cc1OC. The Kier molecular flexibility index (Phi) is 4.33. The van der Waals surface area contributed by atoms with Crippen LogP contribution in [0.1, 0.15) is 17.2 Å². The van der Waals surface area contributed by atoms with E-state index in [-0.39, 0.29) is 5.56 Å². The van der Waals surface area contributed by atoms with Crippen LogP contribution in [-0.4, -0.2) is 26.0 Å². The molecule has 0 saturated carbocycles. The molecule has 25 heavy (non-hydrogen) atoms. The molecule has 4 nitrogen and oxygen atoms in total. The number of methoxy groups -OCH3 is 2. The molecule has 1 atom stereocenters. The molecule has 1 heterocycles. The molecular formula is C18H16ClF2NO3. The molecule has 0 N–H and O–H groups in total. The van der Waals surface area contributed by atoms with E-state index in [9.17, 15) is 13.6 Å². The second kappa shape index (κ2) is 6.19. The van der Waals surface area contributed by atoms with Crippen molar-refractivity contribution in [3.05, 3.63) is 52.5 Å². The number of alkyl halides is 2. The summed E-state index contributed by atoms with van der Waals surface area (Å²) in [5.74, 6) is -4.02. The van der Waals surface area contributed by atoms with Crippen molar-refractivity contribution in [1.29, 1.82) is 0 Å². The number of benzene rings is 2. The lowest BCUT2D eigenvalue weighted by atomic mass is 9.88. The maximum Gasteiger partial charge on any atom is 0.349 e. The normalized spacial score (nSPS) is 18.7. The molecule has 0 spiro atoms. The molecule has 0 radical (unpaired) electrons. The zero-order valence-electron chi connectivity index (χ0n) is 13.8. The van der Waals surface area contributed by atoms with Crippen LogP contribution in [0.4, 0.5) is 14.5 Å². The van der Waals surface area contributed by atoms with Crippen LogP contribution in [0.5, 0.6) is 11.5 Å². The number of carbonyl (C=O) groups excluding carboxylic acids is 1. The molecule has 0 aromatic heterocycles. The molecule has 1 saturated heterocycles. The standard InChI is InChI=1S/C18H16ClF2NO3/c1-10-12(19)5-4-6-13(10)22-16(18(20,21)17(22)23)11-7-8-14(24-2)15(9-11)25-3/h4-9,16H,1-3H3/t16-/m0/s1. The van der Waals surface area contributed by atoms with Gasteiger partial charge in [-0.2, -0.15) is 8.78 Å². The number of β-lactam (4-membered cyclic amide) rings is 1. The summed E-state index contributed by atoms with van der Waals surface area (Å²) in [6.45, 7) is 1.69. The minimum Gasteiger partial charge on any atom is -0.493 e. The van der Waals surface area contributed by atoms with Crippen molar-refractivity contribution in [2.75, 3.05) is 19.1 Å². The first kappa shape index (κ1) is 17.5. The number of hydrogen-bond donors (Lipinski definition) is 0. The van der Waals surface area contributed by atoms with E-state index in [2.05, 4.69) is 0 Å². The fourth-order valence-electron chi connectivity index (χ4n) is 2.98. The Morgan fingerprint density at radius 2 is 1.80 bits per heavy atom. The molecule has 7 heteroatoms. The molecule has 1 amide bonds. The molecule has 1 aliphatic heterocycles. The van der Waals surface area contributed by atoms with Crippen LogP contribution in [0.3, 0.4) is 0 Å². The predicted octanol–water partition coefficient (Wildman–Crippen LogP) is 4.39. The molecule has 1 aliphatic rings. The number of carbonyl (C=O) groups is 1. The van der Waals surface area contributed by atoms with Crippen molar-refractivity contribution in [3.8, 4) is 11.5 Å². The zero-order chi connectivity index (χ0) is 18.4. The average molecular weight is 368 g/mol. The maximum absolute atomic E-state index is 14.4. The summed E-state index contributed by atoms with van der Waals surface area (Å²) in [7, 11) is 2.88. The van der Waals surface area contributed by atoms with E-state index in [4.69, 9.17) is 21.1 Å². The van der Waals surface area contributed by atoms with Crippen molar-refractivity contribution >= 4 is 23.2 Å². The number of nitrogens with zero attached hydrogens (tertiary/aromatic N) is 1. The van der Waals surface area contributed by atoms with E-state index >= 15 is 0 Å². The van der Waals surface area contributed by atoms with E-state index in [0.717, 1.165) is 4.90 Å². The summed E-state index contributed by atoms with van der Waals surface area (Å²) in [4.78, 5) is 13.2. The highest BCUT2D eigenvalue weighted by Crippen LogP contribution is 2.51. The van der Waals surface area contributed by atoms with E-state index in [1.54, 1.807) is 25.1 Å². The Balaban J connectivity index is 2.09. The highest BCUT2D eigenvalue weighted by molar-refractivity contribution is 6.32. The summed E-state index contributed by atoms with van der Waals surface area (Å²) in [6.07, 6.45) is 0. The Labute approximate surface area is 148 Å². The minimum atomic E-state index is -3.51. The van der Waals surface area contributed by atoms with Gasteiger partial charge in [-0.25, -0.2) is 0 Å². The van der Waals surface area contributed by atoms with E-state index < -0.39 is 17.9 Å². The van der Waals surface area contributed by atoms with Crippen LogP contribution in [0.2, 0.25) is 5.02 Å². The van der Waals surface area contributed by atoms with Crippen LogP contribution in [-0.2, 0) is 4.79 Å². The zero-order valence-corrected chi connectivity index (χ0v) is 14.6. The summed E-state index contributed by atoms with van der Waals surface area (Å²) in [5.41, 5.74) is 1.18. The lowest BCUT2D eigenvalue weighted by molar-refractivity contribution is -0.162. The first-order chi connectivity index (χ1) is 11.8. The van der Waals surface area contributed by atoms with Crippen molar-refractivity contribution in [3.63, 3.8) is 0 Å². The fourth-order valence-corrected chi connectivity index (χ4v) is 3.15. The second-order valence-electron chi connectivity index (χ2n) is 5.70. The Morgan fingerprint density at radius 3 is 2.44 bits per heavy atom. The van der Waals surface area contributed by atoms with Gasteiger partial charge < -0.3 is 9.47 Å². The quantitative estimate of drug-likeness (QED) is 0.752. The Hall–Kier alpha value is -2.34. The maximum atomic E-state index is 14.4. The average Bonchev–Trinajstić information content (AvgIpc) is 2.61. The monoisotopic (exact) mass is 367 g/mol. The topological polar surface area (TPSA) is 38.8 Å². The minimum absolute atomic E-state index is 0.252. The summed E-state index contributed by atoms with van der Waals surface area (Å²) >= 11 is 6.08. The number of rotatable bonds is 4. The number of amides is 1. The molecule has 0 bridgehead atoms. The van der Waals surface area contributed by atoms with Crippen molar-refractivity contribution in [2.45, 2.75) is 18.9 Å². The molecule has 0 aliphatic carbocycles. The van der Waals surface area contributed by atoms with Gasteiger partial charge in [0, 0.05) is 10.7 Å². The van der Waals surface area contributed by atoms with Gasteiger partial charge in [0.1, 0.15) is 6.04 Å². The highest BCUT2D eigenvalue weighted by atomic mass is 35.5. The number of halogens is 3. The molecule has 0 unspecified atom stereocenters. The molecule has 132 valence electrons. The lowest BCUT2D eigenvalue weighted by Gasteiger charge is -2.47. The van der Waals surface area contributed by atoms with Gasteiger partial charge in [0.15, 0.2) is 11.5 Å². The van der Waals surface area contributed by atoms with Crippen molar-refractivity contribution < 1.29 is 23.0 Å². The van der Waals surface area contributed by atoms with E-state index in [1.165, 1.54) is 32.4 Å². The van der Waals surface area contributed by atoms with E-state index in [1.807, 2.05) is 0 Å². The molecule has 1 fully saturated rings. The third kappa shape index (κ3) is 2.61. The number of anilines is 1. The van der Waals surface area contributed by atoms with Gasteiger partial charge in [-0.1, -0.05) is 23.7 Å². The van der Waals surface area contributed by atoms with Crippen molar-refractivity contribution in [2.24, 2.45) is 0 Å². The smallest absolute Gasteiger partial charge is 0.349 e. The molecule has 3 rings (SSSR count). The fraction of sp³-hybridized carbons (Fsp3) is 0.278. The highest BCUT2D eigenvalue weighted by Gasteiger charge is 2.65. The van der Waals surface area contributed by atoms with Crippen LogP contribution in [0, 0.1) is 6.92 Å². The first-order valence-corrected chi connectivity index (χ1v) is 7.89. The molecule has 2 aromatic carbocycles. The summed E-state index contributed by atoms with van der Waals surface area (Å²) in [5, 5.41) is 0.409. The Bertz CT molecular complexity index is 841. The van der Waals surface area contributed by atoms with Crippen molar-refractivity contribution in [1.82, 2.24) is 0 Å².